The maximum absolute atomic E-state index is 5.91. The second-order valence-electron chi connectivity index (χ2n) is 6.59. The fraction of sp³-hybridized carbons (Fsp3) is 0.667. The zero-order valence-electron chi connectivity index (χ0n) is 13.3. The molecule has 0 heterocycles. The van der Waals surface area contributed by atoms with Crippen LogP contribution in [0.15, 0.2) is 24.3 Å². The number of benzene rings is 1. The van der Waals surface area contributed by atoms with E-state index >= 15 is 0 Å². The smallest absolute Gasteiger partial charge is 0.0317 e. The molecule has 0 saturated heterocycles. The highest BCUT2D eigenvalue weighted by molar-refractivity contribution is 5.40. The van der Waals surface area contributed by atoms with Gasteiger partial charge in [0.1, 0.15) is 0 Å². The van der Waals surface area contributed by atoms with E-state index in [0.29, 0.717) is 6.04 Å². The highest BCUT2D eigenvalue weighted by Crippen LogP contribution is 2.31. The van der Waals surface area contributed by atoms with E-state index in [1.807, 2.05) is 6.07 Å². The van der Waals surface area contributed by atoms with Gasteiger partial charge in [0.05, 0.1) is 0 Å². The average molecular weight is 274 g/mol. The Kier molecular flexibility index (Phi) is 5.47. The molecule has 1 aliphatic rings. The number of hydrogen-bond donors (Lipinski definition) is 1. The van der Waals surface area contributed by atoms with Gasteiger partial charge in [-0.2, -0.15) is 0 Å². The molecule has 0 spiro atoms. The quantitative estimate of drug-likeness (QED) is 0.804. The van der Waals surface area contributed by atoms with Crippen LogP contribution < -0.4 is 5.73 Å². The first-order chi connectivity index (χ1) is 9.60. The van der Waals surface area contributed by atoms with E-state index in [1.165, 1.54) is 37.7 Å². The van der Waals surface area contributed by atoms with E-state index in [4.69, 9.17) is 5.73 Å². The third kappa shape index (κ3) is 3.99. The van der Waals surface area contributed by atoms with Crippen molar-refractivity contribution in [2.75, 3.05) is 5.73 Å². The van der Waals surface area contributed by atoms with Gasteiger partial charge >= 0.3 is 0 Å². The number of nitrogen functional groups attached to an aromatic ring is 1. The molecule has 1 aliphatic carbocycles. The van der Waals surface area contributed by atoms with Crippen molar-refractivity contribution in [3.8, 4) is 0 Å². The summed E-state index contributed by atoms with van der Waals surface area (Å²) in [5.41, 5.74) is 8.13. The normalized spacial score (nSPS) is 23.4. The summed E-state index contributed by atoms with van der Waals surface area (Å²) >= 11 is 0. The number of nitrogens with zero attached hydrogens (tertiary/aromatic N) is 1. The largest absolute Gasteiger partial charge is 0.399 e. The summed E-state index contributed by atoms with van der Waals surface area (Å²) in [6.45, 7) is 8.00. The van der Waals surface area contributed by atoms with Gasteiger partial charge in [0.2, 0.25) is 0 Å². The second-order valence-corrected chi connectivity index (χ2v) is 6.59. The van der Waals surface area contributed by atoms with Crippen molar-refractivity contribution in [3.05, 3.63) is 29.8 Å². The summed E-state index contributed by atoms with van der Waals surface area (Å²) in [7, 11) is 0. The Labute approximate surface area is 124 Å². The van der Waals surface area contributed by atoms with Gasteiger partial charge < -0.3 is 5.73 Å². The monoisotopic (exact) mass is 274 g/mol. The van der Waals surface area contributed by atoms with Crippen molar-refractivity contribution in [2.45, 2.75) is 71.5 Å². The first-order valence-corrected chi connectivity index (χ1v) is 8.20. The Bertz CT molecular complexity index is 406. The van der Waals surface area contributed by atoms with Gasteiger partial charge in [0.15, 0.2) is 0 Å². The van der Waals surface area contributed by atoms with Crippen LogP contribution in [-0.4, -0.2) is 17.0 Å². The van der Waals surface area contributed by atoms with Gasteiger partial charge in [-0.25, -0.2) is 0 Å². The molecule has 1 aromatic rings. The molecule has 0 radical (unpaired) electrons. The lowest BCUT2D eigenvalue weighted by molar-refractivity contribution is 0.0968. The number of rotatable bonds is 5. The first-order valence-electron chi connectivity index (χ1n) is 8.20. The first kappa shape index (κ1) is 15.4. The van der Waals surface area contributed by atoms with Crippen LogP contribution in [0.2, 0.25) is 0 Å². The number of nitrogens with two attached hydrogens (primary N) is 1. The summed E-state index contributed by atoms with van der Waals surface area (Å²) in [6.07, 6.45) is 6.88. The number of anilines is 1. The molecule has 2 nitrogen and oxygen atoms in total. The summed E-state index contributed by atoms with van der Waals surface area (Å²) in [5.74, 6) is 0.965. The third-order valence-corrected chi connectivity index (χ3v) is 4.84. The Balaban J connectivity index is 2.01. The fourth-order valence-corrected chi connectivity index (χ4v) is 3.52. The van der Waals surface area contributed by atoms with E-state index in [9.17, 15) is 0 Å². The fourth-order valence-electron chi connectivity index (χ4n) is 3.52. The molecule has 0 aromatic heterocycles. The molecular weight excluding hydrogens is 244 g/mol. The lowest BCUT2D eigenvalue weighted by Crippen LogP contribution is -2.42. The summed E-state index contributed by atoms with van der Waals surface area (Å²) in [5, 5.41) is 0. The van der Waals surface area contributed by atoms with Gasteiger partial charge in [-0.15, -0.1) is 0 Å². The predicted molar refractivity (Wildman–Crippen MR) is 87.6 cm³/mol. The Morgan fingerprint density at radius 2 is 1.90 bits per heavy atom. The van der Waals surface area contributed by atoms with E-state index in [0.717, 1.165) is 24.2 Å². The Morgan fingerprint density at radius 3 is 2.45 bits per heavy atom. The standard InChI is InChI=1S/C18H30N2/c1-4-15-8-10-18(11-9-15)20(14(2)3)13-16-6-5-7-17(19)12-16/h5-7,12,14-15,18H,4,8-11,13,19H2,1-3H3. The molecule has 2 rings (SSSR count). The molecule has 1 aromatic carbocycles. The van der Waals surface area contributed by atoms with Crippen LogP contribution in [0.3, 0.4) is 0 Å². The minimum absolute atomic E-state index is 0.597. The van der Waals surface area contributed by atoms with Crippen molar-refractivity contribution in [2.24, 2.45) is 5.92 Å². The summed E-state index contributed by atoms with van der Waals surface area (Å²) in [4.78, 5) is 2.67. The molecule has 0 amide bonds. The van der Waals surface area contributed by atoms with Crippen LogP contribution in [0.4, 0.5) is 5.69 Å². The van der Waals surface area contributed by atoms with Crippen LogP contribution in [0.5, 0.6) is 0 Å². The van der Waals surface area contributed by atoms with Gasteiger partial charge in [0.25, 0.3) is 0 Å². The molecule has 20 heavy (non-hydrogen) atoms. The van der Waals surface area contributed by atoms with Crippen LogP contribution in [0.25, 0.3) is 0 Å². The zero-order chi connectivity index (χ0) is 14.5. The van der Waals surface area contributed by atoms with Crippen LogP contribution in [0.1, 0.15) is 58.4 Å². The third-order valence-electron chi connectivity index (χ3n) is 4.84. The summed E-state index contributed by atoms with van der Waals surface area (Å²) in [6, 6.07) is 9.70. The highest BCUT2D eigenvalue weighted by Gasteiger charge is 2.26. The minimum Gasteiger partial charge on any atom is -0.399 e. The molecule has 1 fully saturated rings. The Morgan fingerprint density at radius 1 is 1.20 bits per heavy atom. The van der Waals surface area contributed by atoms with Gasteiger partial charge in [-0.1, -0.05) is 25.5 Å². The van der Waals surface area contributed by atoms with Gasteiger partial charge in [-0.3, -0.25) is 4.90 Å². The van der Waals surface area contributed by atoms with Crippen molar-refractivity contribution in [1.29, 1.82) is 0 Å². The number of hydrogen-bond acceptors (Lipinski definition) is 2. The lowest BCUT2D eigenvalue weighted by atomic mass is 9.83. The average Bonchev–Trinajstić information content (AvgIpc) is 2.45. The van der Waals surface area contributed by atoms with E-state index in [-0.39, 0.29) is 0 Å². The predicted octanol–water partition coefficient (Wildman–Crippen LogP) is 4.45. The highest BCUT2D eigenvalue weighted by atomic mass is 15.2. The van der Waals surface area contributed by atoms with Crippen LogP contribution in [0, 0.1) is 5.92 Å². The minimum atomic E-state index is 0.597. The zero-order valence-corrected chi connectivity index (χ0v) is 13.3. The van der Waals surface area contributed by atoms with E-state index in [1.54, 1.807) is 0 Å². The molecule has 0 atom stereocenters. The lowest BCUT2D eigenvalue weighted by Gasteiger charge is -2.39. The molecule has 1 saturated carbocycles. The van der Waals surface area contributed by atoms with Gasteiger partial charge in [-0.05, 0) is 63.1 Å². The van der Waals surface area contributed by atoms with Crippen molar-refractivity contribution in [3.63, 3.8) is 0 Å². The SMILES string of the molecule is CCC1CCC(N(Cc2cccc(N)c2)C(C)C)CC1. The maximum atomic E-state index is 5.91. The summed E-state index contributed by atoms with van der Waals surface area (Å²) < 4.78 is 0. The van der Waals surface area contributed by atoms with Crippen molar-refractivity contribution < 1.29 is 0 Å². The molecular formula is C18H30N2. The molecule has 2 heteroatoms. The molecule has 2 N–H and O–H groups in total. The van der Waals surface area contributed by atoms with Gasteiger partial charge in [0, 0.05) is 24.3 Å². The van der Waals surface area contributed by atoms with E-state index in [2.05, 4.69) is 43.9 Å². The van der Waals surface area contributed by atoms with Crippen molar-refractivity contribution in [1.82, 2.24) is 4.90 Å². The van der Waals surface area contributed by atoms with Crippen LogP contribution >= 0.6 is 0 Å². The van der Waals surface area contributed by atoms with Crippen molar-refractivity contribution >= 4 is 5.69 Å². The Hall–Kier alpha value is -1.02. The molecule has 112 valence electrons. The molecule has 0 bridgehead atoms. The second kappa shape index (κ2) is 7.12. The van der Waals surface area contributed by atoms with E-state index < -0.39 is 0 Å². The molecule has 0 unspecified atom stereocenters. The topological polar surface area (TPSA) is 29.3 Å². The maximum Gasteiger partial charge on any atom is 0.0317 e. The molecule has 0 aliphatic heterocycles. The van der Waals surface area contributed by atoms with Crippen LogP contribution in [-0.2, 0) is 6.54 Å².